The van der Waals surface area contributed by atoms with Gasteiger partial charge in [0, 0.05) is 13.1 Å². The lowest BCUT2D eigenvalue weighted by atomic mass is 10.00. The second-order valence-electron chi connectivity index (χ2n) is 3.96. The summed E-state index contributed by atoms with van der Waals surface area (Å²) in [5.41, 5.74) is -1.54. The molecule has 1 heterocycles. The molecule has 2 atom stereocenters. The molecule has 1 aliphatic rings. The van der Waals surface area contributed by atoms with Crippen molar-refractivity contribution in [2.75, 3.05) is 26.4 Å². The summed E-state index contributed by atoms with van der Waals surface area (Å²) < 4.78 is 40.3. The first kappa shape index (κ1) is 11.9. The third-order valence-electron chi connectivity index (χ3n) is 2.49. The van der Waals surface area contributed by atoms with Gasteiger partial charge in [0.1, 0.15) is 6.10 Å². The van der Waals surface area contributed by atoms with E-state index < -0.39 is 21.9 Å². The average Bonchev–Trinajstić information content (AvgIpc) is 2.29. The van der Waals surface area contributed by atoms with Crippen molar-refractivity contribution in [2.45, 2.75) is 25.1 Å². The molecule has 0 spiro atoms. The molecule has 0 aromatic heterocycles. The fourth-order valence-corrected chi connectivity index (χ4v) is 2.36. The molecular formula is C8H16FNO3S. The van der Waals surface area contributed by atoms with Crippen molar-refractivity contribution < 1.29 is 17.0 Å². The quantitative estimate of drug-likeness (QED) is 0.652. The van der Waals surface area contributed by atoms with Crippen molar-refractivity contribution in [3.05, 3.63) is 0 Å². The van der Waals surface area contributed by atoms with Crippen LogP contribution >= 0.6 is 0 Å². The summed E-state index contributed by atoms with van der Waals surface area (Å²) in [6.07, 6.45) is 0.341. The minimum Gasteiger partial charge on any atom is -0.303 e. The standard InChI is InChI=1S/C8H16FNO3S/c1-7(13-14(3,11)12)8(9)4-5-10(2)6-8/h7H,4-6H2,1-3H3. The maximum atomic E-state index is 14.1. The highest BCUT2D eigenvalue weighted by Gasteiger charge is 2.43. The number of nitrogens with zero attached hydrogens (tertiary/aromatic N) is 1. The zero-order chi connectivity index (χ0) is 11.0. The summed E-state index contributed by atoms with van der Waals surface area (Å²) in [5.74, 6) is 0. The van der Waals surface area contributed by atoms with Gasteiger partial charge >= 0.3 is 0 Å². The van der Waals surface area contributed by atoms with Crippen LogP contribution in [0.1, 0.15) is 13.3 Å². The van der Waals surface area contributed by atoms with Gasteiger partial charge in [-0.2, -0.15) is 8.42 Å². The topological polar surface area (TPSA) is 46.6 Å². The van der Waals surface area contributed by atoms with Crippen LogP contribution in [0.15, 0.2) is 0 Å². The lowest BCUT2D eigenvalue weighted by Gasteiger charge is -2.25. The van der Waals surface area contributed by atoms with Gasteiger partial charge in [0.05, 0.1) is 6.26 Å². The van der Waals surface area contributed by atoms with Crippen LogP contribution in [-0.2, 0) is 14.3 Å². The first-order valence-corrected chi connectivity index (χ1v) is 6.30. The monoisotopic (exact) mass is 225 g/mol. The van der Waals surface area contributed by atoms with Gasteiger partial charge in [-0.25, -0.2) is 4.39 Å². The molecule has 1 rings (SSSR count). The molecular weight excluding hydrogens is 209 g/mol. The van der Waals surface area contributed by atoms with Crippen molar-refractivity contribution in [1.82, 2.24) is 4.90 Å². The second-order valence-corrected chi connectivity index (χ2v) is 5.57. The van der Waals surface area contributed by atoms with E-state index in [0.717, 1.165) is 6.26 Å². The van der Waals surface area contributed by atoms with Crippen LogP contribution in [0.4, 0.5) is 4.39 Å². The Morgan fingerprint density at radius 1 is 1.57 bits per heavy atom. The number of hydrogen-bond acceptors (Lipinski definition) is 4. The molecule has 1 saturated heterocycles. The smallest absolute Gasteiger partial charge is 0.264 e. The van der Waals surface area contributed by atoms with E-state index in [2.05, 4.69) is 4.18 Å². The SMILES string of the molecule is CC(OS(C)(=O)=O)C1(F)CCN(C)C1. The van der Waals surface area contributed by atoms with Crippen molar-refractivity contribution in [3.8, 4) is 0 Å². The predicted octanol–water partition coefficient (Wildman–Crippen LogP) is 0.395. The maximum absolute atomic E-state index is 14.1. The van der Waals surface area contributed by atoms with E-state index >= 15 is 0 Å². The van der Waals surface area contributed by atoms with E-state index in [4.69, 9.17) is 0 Å². The molecule has 14 heavy (non-hydrogen) atoms. The van der Waals surface area contributed by atoms with E-state index in [1.807, 2.05) is 4.90 Å². The third kappa shape index (κ3) is 2.90. The van der Waals surface area contributed by atoms with Gasteiger partial charge in [0.25, 0.3) is 10.1 Å². The van der Waals surface area contributed by atoms with Gasteiger partial charge in [-0.1, -0.05) is 0 Å². The number of halogens is 1. The second kappa shape index (κ2) is 3.75. The zero-order valence-electron chi connectivity index (χ0n) is 8.66. The first-order chi connectivity index (χ1) is 6.23. The summed E-state index contributed by atoms with van der Waals surface area (Å²) in [6.45, 7) is 2.32. The molecule has 0 saturated carbocycles. The Kier molecular flexibility index (Phi) is 3.18. The summed E-state index contributed by atoms with van der Waals surface area (Å²) >= 11 is 0. The Morgan fingerprint density at radius 3 is 2.50 bits per heavy atom. The fourth-order valence-electron chi connectivity index (χ4n) is 1.66. The van der Waals surface area contributed by atoms with Crippen LogP contribution in [0.2, 0.25) is 0 Å². The summed E-state index contributed by atoms with van der Waals surface area (Å²) in [5, 5.41) is 0. The van der Waals surface area contributed by atoms with Crippen LogP contribution in [0.25, 0.3) is 0 Å². The number of hydrogen-bond donors (Lipinski definition) is 0. The van der Waals surface area contributed by atoms with Gasteiger partial charge in [-0.15, -0.1) is 0 Å². The maximum Gasteiger partial charge on any atom is 0.264 e. The number of rotatable bonds is 3. The number of likely N-dealkylation sites (tertiary alicyclic amines) is 1. The Hall–Kier alpha value is -0.200. The van der Waals surface area contributed by atoms with E-state index in [0.29, 0.717) is 13.0 Å². The van der Waals surface area contributed by atoms with E-state index in [-0.39, 0.29) is 6.54 Å². The zero-order valence-corrected chi connectivity index (χ0v) is 9.47. The van der Waals surface area contributed by atoms with E-state index in [1.165, 1.54) is 6.92 Å². The molecule has 4 nitrogen and oxygen atoms in total. The molecule has 0 amide bonds. The van der Waals surface area contributed by atoms with Crippen molar-refractivity contribution in [2.24, 2.45) is 0 Å². The van der Waals surface area contributed by atoms with Crippen LogP contribution in [0, 0.1) is 0 Å². The van der Waals surface area contributed by atoms with Crippen LogP contribution in [0.5, 0.6) is 0 Å². The van der Waals surface area contributed by atoms with Gasteiger partial charge in [0.15, 0.2) is 5.67 Å². The Balaban J connectivity index is 2.65. The first-order valence-electron chi connectivity index (χ1n) is 4.49. The molecule has 0 bridgehead atoms. The lowest BCUT2D eigenvalue weighted by Crippen LogP contribution is -2.41. The summed E-state index contributed by atoms with van der Waals surface area (Å²) in [4.78, 5) is 1.82. The lowest BCUT2D eigenvalue weighted by molar-refractivity contribution is 0.0331. The largest absolute Gasteiger partial charge is 0.303 e. The Morgan fingerprint density at radius 2 is 2.14 bits per heavy atom. The van der Waals surface area contributed by atoms with Gasteiger partial charge in [0.2, 0.25) is 0 Å². The molecule has 84 valence electrons. The molecule has 2 unspecified atom stereocenters. The molecule has 6 heteroatoms. The minimum atomic E-state index is -3.57. The van der Waals surface area contributed by atoms with Gasteiger partial charge in [-0.3, -0.25) is 4.18 Å². The summed E-state index contributed by atoms with van der Waals surface area (Å²) in [6, 6.07) is 0. The average molecular weight is 225 g/mol. The third-order valence-corrected chi connectivity index (χ3v) is 3.13. The van der Waals surface area contributed by atoms with Crippen LogP contribution < -0.4 is 0 Å². The van der Waals surface area contributed by atoms with Crippen LogP contribution in [0.3, 0.4) is 0 Å². The molecule has 0 aliphatic carbocycles. The van der Waals surface area contributed by atoms with E-state index in [1.54, 1.807) is 7.05 Å². The minimum absolute atomic E-state index is 0.226. The van der Waals surface area contributed by atoms with Gasteiger partial charge < -0.3 is 4.90 Å². The highest BCUT2D eigenvalue weighted by Crippen LogP contribution is 2.30. The molecule has 1 aliphatic heterocycles. The molecule has 1 fully saturated rings. The van der Waals surface area contributed by atoms with E-state index in [9.17, 15) is 12.8 Å². The molecule has 0 aromatic carbocycles. The van der Waals surface area contributed by atoms with Crippen molar-refractivity contribution in [3.63, 3.8) is 0 Å². The Labute approximate surface area is 84.2 Å². The van der Waals surface area contributed by atoms with Crippen molar-refractivity contribution >= 4 is 10.1 Å². The molecule has 0 radical (unpaired) electrons. The normalized spacial score (nSPS) is 32.0. The number of alkyl halides is 1. The fraction of sp³-hybridized carbons (Fsp3) is 1.00. The Bertz CT molecular complexity index is 306. The molecule has 0 N–H and O–H groups in total. The van der Waals surface area contributed by atoms with Crippen LogP contribution in [-0.4, -0.2) is 51.5 Å². The van der Waals surface area contributed by atoms with Crippen molar-refractivity contribution in [1.29, 1.82) is 0 Å². The highest BCUT2D eigenvalue weighted by molar-refractivity contribution is 7.86. The predicted molar refractivity (Wildman–Crippen MR) is 51.3 cm³/mol. The highest BCUT2D eigenvalue weighted by atomic mass is 32.2. The van der Waals surface area contributed by atoms with Gasteiger partial charge in [-0.05, 0) is 20.4 Å². The summed E-state index contributed by atoms with van der Waals surface area (Å²) in [7, 11) is -1.77. The molecule has 0 aromatic rings.